The first-order valence-electron chi connectivity index (χ1n) is 9.71. The van der Waals surface area contributed by atoms with E-state index in [-0.39, 0.29) is 59.5 Å². The zero-order valence-corrected chi connectivity index (χ0v) is 15.6. The predicted octanol–water partition coefficient (Wildman–Crippen LogP) is 2.08. The average Bonchev–Trinajstić information content (AvgIpc) is 2.60. The molecule has 2 aromatic heterocycles. The highest BCUT2D eigenvalue weighted by Crippen LogP contribution is 2.38. The third-order valence-electron chi connectivity index (χ3n) is 5.17. The maximum absolute atomic E-state index is 13.2. The number of carbonyl (C=O) groups is 1. The first kappa shape index (κ1) is 15.0. The summed E-state index contributed by atoms with van der Waals surface area (Å²) in [5.74, 6) is -0.306. The average molecular weight is 383 g/mol. The second-order valence-electron chi connectivity index (χ2n) is 6.62. The van der Waals surface area contributed by atoms with Crippen molar-refractivity contribution in [3.05, 3.63) is 32.8 Å². The Kier molecular flexibility index (Phi) is 3.78. The molecule has 1 fully saturated rings. The molecule has 7 nitrogen and oxygen atoms in total. The monoisotopic (exact) mass is 382 g/mol. The maximum Gasteiger partial charge on any atom is 0.257 e. The molecule has 3 heterocycles. The maximum atomic E-state index is 13.2. The lowest BCUT2D eigenvalue weighted by Gasteiger charge is -2.40. The fraction of sp³-hybridized carbons (Fsp3) is 0.500. The van der Waals surface area contributed by atoms with E-state index < -0.39 is 18.2 Å². The van der Waals surface area contributed by atoms with E-state index in [1.807, 2.05) is 0 Å². The van der Waals surface area contributed by atoms with E-state index in [9.17, 15) is 14.7 Å². The Bertz CT molecular complexity index is 1040. The molecule has 1 amide bonds. The third kappa shape index (κ3) is 2.75. The molecule has 1 saturated heterocycles. The van der Waals surface area contributed by atoms with Gasteiger partial charge in [-0.1, -0.05) is 11.6 Å². The van der Waals surface area contributed by atoms with Crippen LogP contribution in [0.2, 0.25) is 5.15 Å². The number of pyridine rings is 2. The number of aromatic nitrogens is 2. The summed E-state index contributed by atoms with van der Waals surface area (Å²) in [6.45, 7) is 3.49. The number of piperidine rings is 1. The minimum atomic E-state index is -2.75. The van der Waals surface area contributed by atoms with Crippen molar-refractivity contribution < 1.29 is 18.8 Å². The molecule has 0 saturated carbocycles. The molecule has 1 aliphatic heterocycles. The topological polar surface area (TPSA) is 84.7 Å². The molecule has 0 radical (unpaired) electrons. The number of aryl methyl sites for hydroxylation is 2. The number of halogens is 1. The van der Waals surface area contributed by atoms with Gasteiger partial charge in [0.05, 0.1) is 20.9 Å². The van der Waals surface area contributed by atoms with Crippen LogP contribution in [0.4, 0.5) is 0 Å². The van der Waals surface area contributed by atoms with Gasteiger partial charge in [0.1, 0.15) is 10.8 Å². The summed E-state index contributed by atoms with van der Waals surface area (Å²) in [5.41, 5.74) is -1.34. The smallest absolute Gasteiger partial charge is 0.257 e. The highest BCUT2D eigenvalue weighted by molar-refractivity contribution is 6.34. The normalized spacial score (nSPS) is 19.1. The van der Waals surface area contributed by atoms with Gasteiger partial charge < -0.3 is 19.3 Å². The highest BCUT2D eigenvalue weighted by Gasteiger charge is 2.40. The molecule has 3 rings (SSSR count). The summed E-state index contributed by atoms with van der Waals surface area (Å²) in [5, 5.41) is 10.8. The van der Waals surface area contributed by atoms with Crippen molar-refractivity contribution >= 4 is 28.4 Å². The molecular formula is C18H22ClN3O4. The van der Waals surface area contributed by atoms with E-state index in [2.05, 4.69) is 4.98 Å². The van der Waals surface area contributed by atoms with Crippen LogP contribution in [0, 0.1) is 6.92 Å². The van der Waals surface area contributed by atoms with Crippen LogP contribution in [-0.4, -0.2) is 45.6 Å². The third-order valence-corrected chi connectivity index (χ3v) is 5.46. The molecule has 8 heteroatoms. The van der Waals surface area contributed by atoms with Crippen molar-refractivity contribution in [2.45, 2.75) is 32.3 Å². The van der Waals surface area contributed by atoms with Gasteiger partial charge in [-0.05, 0) is 25.8 Å². The second-order valence-corrected chi connectivity index (χ2v) is 6.98. The van der Waals surface area contributed by atoms with Gasteiger partial charge in [0, 0.05) is 39.5 Å². The lowest BCUT2D eigenvalue weighted by molar-refractivity contribution is -0.135. The molecule has 2 aromatic rings. The summed E-state index contributed by atoms with van der Waals surface area (Å²) in [7, 11) is -1.28. The molecule has 0 atom stereocenters. The summed E-state index contributed by atoms with van der Waals surface area (Å²) in [6.07, 6.45) is 0.267. The van der Waals surface area contributed by atoms with Crippen LogP contribution in [0.1, 0.15) is 35.1 Å². The number of nitrogens with zero attached hydrogens (tertiary/aromatic N) is 3. The standard InChI is InChI=1S/C18H22ClN3O4/c1-10-15(24)14-12(16(19)20-10)9-13(17(25)21(14)3)18(26-4)5-7-22(8-6-18)11(2)23/h9,24H,5-8H2,1-4H3/i4D3. The van der Waals surface area contributed by atoms with Crippen LogP contribution < -0.4 is 5.56 Å². The molecule has 0 unspecified atom stereocenters. The number of amides is 1. The molecule has 1 aliphatic rings. The van der Waals surface area contributed by atoms with E-state index in [0.29, 0.717) is 5.39 Å². The van der Waals surface area contributed by atoms with Gasteiger partial charge in [-0.3, -0.25) is 9.59 Å². The van der Waals surface area contributed by atoms with Crippen molar-refractivity contribution in [2.24, 2.45) is 7.05 Å². The van der Waals surface area contributed by atoms with Crippen LogP contribution in [-0.2, 0) is 22.2 Å². The Labute approximate surface area is 160 Å². The van der Waals surface area contributed by atoms with Crippen molar-refractivity contribution in [3.63, 3.8) is 0 Å². The number of hydrogen-bond donors (Lipinski definition) is 1. The Morgan fingerprint density at radius 3 is 2.69 bits per heavy atom. The molecule has 0 spiro atoms. The number of fused-ring (bicyclic) bond motifs is 1. The van der Waals surface area contributed by atoms with Crippen LogP contribution in [0.15, 0.2) is 10.9 Å². The van der Waals surface area contributed by atoms with Crippen molar-refractivity contribution in [1.29, 1.82) is 0 Å². The fourth-order valence-electron chi connectivity index (χ4n) is 3.55. The first-order valence-corrected chi connectivity index (χ1v) is 8.59. The number of rotatable bonds is 2. The number of hydrogen-bond acceptors (Lipinski definition) is 5. The molecule has 1 N–H and O–H groups in total. The van der Waals surface area contributed by atoms with E-state index in [1.165, 1.54) is 24.6 Å². The largest absolute Gasteiger partial charge is 0.504 e. The fourth-order valence-corrected chi connectivity index (χ4v) is 3.82. The number of ether oxygens (including phenoxy) is 1. The minimum Gasteiger partial charge on any atom is -0.504 e. The number of carbonyl (C=O) groups excluding carboxylic acids is 1. The zero-order valence-electron chi connectivity index (χ0n) is 17.8. The number of aromatic hydroxyl groups is 1. The summed E-state index contributed by atoms with van der Waals surface area (Å²) < 4.78 is 29.5. The molecule has 0 bridgehead atoms. The van der Waals surface area contributed by atoms with Gasteiger partial charge in [0.25, 0.3) is 5.56 Å². The highest BCUT2D eigenvalue weighted by atomic mass is 35.5. The summed E-state index contributed by atoms with van der Waals surface area (Å²) in [6, 6.07) is 1.45. The van der Waals surface area contributed by atoms with E-state index in [1.54, 1.807) is 11.8 Å². The van der Waals surface area contributed by atoms with Gasteiger partial charge in [0.2, 0.25) is 5.91 Å². The summed E-state index contributed by atoms with van der Waals surface area (Å²) >= 11 is 6.27. The van der Waals surface area contributed by atoms with Crippen molar-refractivity contribution in [2.75, 3.05) is 20.1 Å². The van der Waals surface area contributed by atoms with Gasteiger partial charge >= 0.3 is 0 Å². The van der Waals surface area contributed by atoms with E-state index in [4.69, 9.17) is 20.5 Å². The van der Waals surface area contributed by atoms with Crippen LogP contribution in [0.25, 0.3) is 10.9 Å². The van der Waals surface area contributed by atoms with E-state index >= 15 is 0 Å². The Morgan fingerprint density at radius 2 is 2.12 bits per heavy atom. The molecule has 140 valence electrons. The Morgan fingerprint density at radius 1 is 1.46 bits per heavy atom. The quantitative estimate of drug-likeness (QED) is 0.804. The number of likely N-dealkylation sites (tertiary alicyclic amines) is 1. The zero-order chi connectivity index (χ0) is 21.7. The lowest BCUT2D eigenvalue weighted by atomic mass is 9.84. The van der Waals surface area contributed by atoms with Crippen LogP contribution in [0.3, 0.4) is 0 Å². The Hall–Kier alpha value is -2.12. The predicted molar refractivity (Wildman–Crippen MR) is 98.6 cm³/mol. The van der Waals surface area contributed by atoms with Crippen molar-refractivity contribution in [1.82, 2.24) is 14.5 Å². The number of methoxy groups -OCH3 is 1. The van der Waals surface area contributed by atoms with Gasteiger partial charge in [-0.15, -0.1) is 0 Å². The van der Waals surface area contributed by atoms with Gasteiger partial charge in [-0.25, -0.2) is 4.98 Å². The van der Waals surface area contributed by atoms with Crippen LogP contribution in [0.5, 0.6) is 5.75 Å². The molecule has 0 aromatic carbocycles. The minimum absolute atomic E-state index is 0.0809. The molecular weight excluding hydrogens is 358 g/mol. The summed E-state index contributed by atoms with van der Waals surface area (Å²) in [4.78, 5) is 30.6. The van der Waals surface area contributed by atoms with Gasteiger partial charge in [-0.2, -0.15) is 0 Å². The SMILES string of the molecule is [2H]C([2H])([2H])OC1(c2cc3c(Cl)nc(C)c(O)c3n(C)c2=O)CCN(C(C)=O)CC1. The molecule has 26 heavy (non-hydrogen) atoms. The Balaban J connectivity index is 2.25. The first-order chi connectivity index (χ1) is 13.4. The van der Waals surface area contributed by atoms with E-state index in [0.717, 1.165) is 0 Å². The van der Waals surface area contributed by atoms with Gasteiger partial charge in [0.15, 0.2) is 5.75 Å². The lowest BCUT2D eigenvalue weighted by Crippen LogP contribution is -2.48. The van der Waals surface area contributed by atoms with Crippen LogP contribution >= 0.6 is 11.6 Å². The molecule has 0 aliphatic carbocycles. The second kappa shape index (κ2) is 6.55. The van der Waals surface area contributed by atoms with Crippen molar-refractivity contribution in [3.8, 4) is 5.75 Å².